The van der Waals surface area contributed by atoms with E-state index < -0.39 is 0 Å². The van der Waals surface area contributed by atoms with E-state index >= 15 is 0 Å². The maximum Gasteiger partial charge on any atom is 0.338 e. The zero-order valence-corrected chi connectivity index (χ0v) is 15.1. The van der Waals surface area contributed by atoms with Crippen LogP contribution in [0, 0.1) is 6.92 Å². The zero-order valence-electron chi connectivity index (χ0n) is 14.3. The van der Waals surface area contributed by atoms with Crippen LogP contribution in [0.2, 0.25) is 0 Å². The first-order valence-corrected chi connectivity index (χ1v) is 8.83. The van der Waals surface area contributed by atoms with Crippen LogP contribution in [-0.2, 0) is 16.0 Å². The number of imidazole rings is 1. The van der Waals surface area contributed by atoms with Crippen LogP contribution in [-0.4, -0.2) is 27.4 Å². The van der Waals surface area contributed by atoms with E-state index in [0.717, 1.165) is 16.3 Å². The van der Waals surface area contributed by atoms with Gasteiger partial charge in [0, 0.05) is 23.0 Å². The summed E-state index contributed by atoms with van der Waals surface area (Å²) in [5.74, 6) is -0.493. The Labute approximate surface area is 149 Å². The number of aryl methyl sites for hydroxylation is 1. The molecule has 130 valence electrons. The number of thiazole rings is 1. The van der Waals surface area contributed by atoms with Crippen LogP contribution < -0.4 is 5.32 Å². The average Bonchev–Trinajstić information content (AvgIpc) is 3.07. The lowest BCUT2D eigenvalue weighted by Gasteiger charge is -2.09. The van der Waals surface area contributed by atoms with Gasteiger partial charge in [0.05, 0.1) is 23.8 Å². The van der Waals surface area contributed by atoms with Gasteiger partial charge in [-0.25, -0.2) is 9.78 Å². The van der Waals surface area contributed by atoms with Gasteiger partial charge in [0.25, 0.3) is 0 Å². The molecule has 1 N–H and O–H groups in total. The van der Waals surface area contributed by atoms with E-state index in [4.69, 9.17) is 4.74 Å². The maximum atomic E-state index is 12.3. The summed E-state index contributed by atoms with van der Waals surface area (Å²) in [4.78, 5) is 29.3. The van der Waals surface area contributed by atoms with Gasteiger partial charge < -0.3 is 10.1 Å². The van der Waals surface area contributed by atoms with E-state index in [1.165, 1.54) is 11.3 Å². The Bertz CT molecular complexity index is 909. The second-order valence-electron chi connectivity index (χ2n) is 6.02. The smallest absolute Gasteiger partial charge is 0.338 e. The number of rotatable bonds is 5. The normalized spacial score (nSPS) is 11.0. The number of nitrogens with zero attached hydrogens (tertiary/aromatic N) is 2. The molecule has 0 atom stereocenters. The summed E-state index contributed by atoms with van der Waals surface area (Å²) in [6.45, 7) is 5.53. The van der Waals surface area contributed by atoms with Crippen LogP contribution >= 0.6 is 11.3 Å². The zero-order chi connectivity index (χ0) is 18.0. The highest BCUT2D eigenvalue weighted by Gasteiger charge is 2.12. The molecular formula is C18H19N3O3S. The molecule has 0 aliphatic rings. The molecule has 6 nitrogen and oxygen atoms in total. The predicted octanol–water partition coefficient (Wildman–Crippen LogP) is 3.45. The fourth-order valence-corrected chi connectivity index (χ4v) is 3.33. The van der Waals surface area contributed by atoms with Gasteiger partial charge in [-0.1, -0.05) is 0 Å². The summed E-state index contributed by atoms with van der Waals surface area (Å²) in [5, 5.41) is 4.78. The summed E-state index contributed by atoms with van der Waals surface area (Å²) < 4.78 is 7.07. The monoisotopic (exact) mass is 357 g/mol. The summed E-state index contributed by atoms with van der Waals surface area (Å²) in [6.07, 6.45) is 2.01. The number of fused-ring (bicyclic) bond motifs is 1. The quantitative estimate of drug-likeness (QED) is 0.710. The molecule has 0 spiro atoms. The Balaban J connectivity index is 1.63. The summed E-state index contributed by atoms with van der Waals surface area (Å²) in [6, 6.07) is 6.67. The molecule has 0 fully saturated rings. The molecule has 7 heteroatoms. The first-order valence-electron chi connectivity index (χ1n) is 7.95. The van der Waals surface area contributed by atoms with Gasteiger partial charge in [0.1, 0.15) is 0 Å². The van der Waals surface area contributed by atoms with Gasteiger partial charge >= 0.3 is 5.97 Å². The van der Waals surface area contributed by atoms with Crippen molar-refractivity contribution in [1.82, 2.24) is 9.38 Å². The Morgan fingerprint density at radius 3 is 2.68 bits per heavy atom. The SMILES string of the molecule is Cc1cn2c(CC(=O)Nc3ccc(C(=O)OC(C)C)cc3)csc2n1. The number of hydrogen-bond acceptors (Lipinski definition) is 5. The molecule has 0 unspecified atom stereocenters. The first-order chi connectivity index (χ1) is 11.9. The van der Waals surface area contributed by atoms with E-state index in [0.29, 0.717) is 11.3 Å². The number of anilines is 1. The highest BCUT2D eigenvalue weighted by Crippen LogP contribution is 2.18. The van der Waals surface area contributed by atoms with Gasteiger partial charge in [0.2, 0.25) is 5.91 Å². The van der Waals surface area contributed by atoms with Crippen molar-refractivity contribution in [3.05, 3.63) is 52.8 Å². The highest BCUT2D eigenvalue weighted by atomic mass is 32.1. The molecule has 0 bridgehead atoms. The van der Waals surface area contributed by atoms with Gasteiger partial charge in [-0.2, -0.15) is 0 Å². The van der Waals surface area contributed by atoms with Crippen LogP contribution in [0.15, 0.2) is 35.8 Å². The summed E-state index contributed by atoms with van der Waals surface area (Å²) in [5.41, 5.74) is 2.92. The Kier molecular flexibility index (Phi) is 4.85. The number of nitrogens with one attached hydrogen (secondary N) is 1. The predicted molar refractivity (Wildman–Crippen MR) is 97.1 cm³/mol. The number of carbonyl (C=O) groups excluding carboxylic acids is 2. The topological polar surface area (TPSA) is 72.7 Å². The van der Waals surface area contributed by atoms with Gasteiger partial charge in [0.15, 0.2) is 4.96 Å². The number of esters is 1. The third kappa shape index (κ3) is 4.06. The molecule has 3 rings (SSSR count). The molecule has 0 saturated heterocycles. The Morgan fingerprint density at radius 1 is 1.28 bits per heavy atom. The number of aromatic nitrogens is 2. The van der Waals surface area contributed by atoms with Crippen molar-refractivity contribution in [3.8, 4) is 0 Å². The van der Waals surface area contributed by atoms with Gasteiger partial charge in [-0.05, 0) is 45.0 Å². The largest absolute Gasteiger partial charge is 0.459 e. The van der Waals surface area contributed by atoms with Crippen molar-refractivity contribution in [1.29, 1.82) is 0 Å². The Hall–Kier alpha value is -2.67. The minimum Gasteiger partial charge on any atom is -0.459 e. The van der Waals surface area contributed by atoms with Crippen LogP contribution in [0.25, 0.3) is 4.96 Å². The molecule has 0 aliphatic heterocycles. The third-order valence-corrected chi connectivity index (χ3v) is 4.38. The number of hydrogen-bond donors (Lipinski definition) is 1. The second-order valence-corrected chi connectivity index (χ2v) is 6.85. The summed E-state index contributed by atoms with van der Waals surface area (Å²) in [7, 11) is 0. The lowest BCUT2D eigenvalue weighted by Crippen LogP contribution is -2.15. The first kappa shape index (κ1) is 17.2. The van der Waals surface area contributed by atoms with Gasteiger partial charge in [-0.3, -0.25) is 9.20 Å². The minimum absolute atomic E-state index is 0.122. The van der Waals surface area contributed by atoms with Crippen LogP contribution in [0.5, 0.6) is 0 Å². The van der Waals surface area contributed by atoms with Crippen molar-refractivity contribution in [3.63, 3.8) is 0 Å². The van der Waals surface area contributed by atoms with Crippen LogP contribution in [0.1, 0.15) is 35.6 Å². The van der Waals surface area contributed by atoms with E-state index in [2.05, 4.69) is 10.3 Å². The van der Waals surface area contributed by atoms with E-state index in [9.17, 15) is 9.59 Å². The van der Waals surface area contributed by atoms with Crippen molar-refractivity contribution < 1.29 is 14.3 Å². The molecule has 2 heterocycles. The third-order valence-electron chi connectivity index (χ3n) is 3.49. The van der Waals surface area contributed by atoms with Crippen LogP contribution in [0.3, 0.4) is 0 Å². The number of amides is 1. The fourth-order valence-electron chi connectivity index (χ4n) is 2.41. The number of carbonyl (C=O) groups is 2. The Morgan fingerprint density at radius 2 is 2.00 bits per heavy atom. The number of benzene rings is 1. The van der Waals surface area contributed by atoms with Crippen LogP contribution in [0.4, 0.5) is 5.69 Å². The van der Waals surface area contributed by atoms with E-state index in [1.54, 1.807) is 38.1 Å². The molecule has 2 aromatic heterocycles. The van der Waals surface area contributed by atoms with Crippen molar-refractivity contribution >= 4 is 33.9 Å². The molecule has 0 radical (unpaired) electrons. The number of ether oxygens (including phenoxy) is 1. The van der Waals surface area contributed by atoms with Crippen molar-refractivity contribution in [2.45, 2.75) is 33.3 Å². The molecule has 1 aromatic carbocycles. The molecule has 3 aromatic rings. The fraction of sp³-hybridized carbons (Fsp3) is 0.278. The van der Waals surface area contributed by atoms with Gasteiger partial charge in [-0.15, -0.1) is 11.3 Å². The standard InChI is InChI=1S/C18H19N3O3S/c1-11(2)24-17(23)13-4-6-14(7-5-13)20-16(22)8-15-10-25-18-19-12(3)9-21(15)18/h4-7,9-11H,8H2,1-3H3,(H,20,22). The van der Waals surface area contributed by atoms with Crippen molar-refractivity contribution in [2.24, 2.45) is 0 Å². The van der Waals surface area contributed by atoms with Crippen molar-refractivity contribution in [2.75, 3.05) is 5.32 Å². The average molecular weight is 357 g/mol. The second kappa shape index (κ2) is 7.06. The summed E-state index contributed by atoms with van der Waals surface area (Å²) >= 11 is 1.51. The highest BCUT2D eigenvalue weighted by molar-refractivity contribution is 7.15. The molecule has 1 amide bonds. The molecule has 0 saturated carbocycles. The van der Waals surface area contributed by atoms with E-state index in [1.807, 2.05) is 22.9 Å². The lowest BCUT2D eigenvalue weighted by molar-refractivity contribution is -0.115. The van der Waals surface area contributed by atoms with E-state index in [-0.39, 0.29) is 24.4 Å². The lowest BCUT2D eigenvalue weighted by atomic mass is 10.2. The molecular weight excluding hydrogens is 338 g/mol. The molecule has 25 heavy (non-hydrogen) atoms. The minimum atomic E-state index is -0.371. The molecule has 0 aliphatic carbocycles. The maximum absolute atomic E-state index is 12.3.